The van der Waals surface area contributed by atoms with Crippen LogP contribution in [0.4, 0.5) is 0 Å². The van der Waals surface area contributed by atoms with Gasteiger partial charge < -0.3 is 14.7 Å². The normalized spacial score (nSPS) is 21.9. The molecule has 6 heteroatoms. The van der Waals surface area contributed by atoms with E-state index in [4.69, 9.17) is 4.74 Å². The topological polar surface area (TPSA) is 66.8 Å². The minimum Gasteiger partial charge on any atom is -0.496 e. The van der Waals surface area contributed by atoms with Crippen molar-refractivity contribution in [2.24, 2.45) is 5.41 Å². The van der Waals surface area contributed by atoms with Crippen molar-refractivity contribution in [1.29, 1.82) is 0 Å². The van der Waals surface area contributed by atoms with Crippen LogP contribution in [0.15, 0.2) is 22.7 Å². The van der Waals surface area contributed by atoms with Crippen molar-refractivity contribution in [2.75, 3.05) is 20.2 Å². The third-order valence-electron chi connectivity index (χ3n) is 3.67. The van der Waals surface area contributed by atoms with Gasteiger partial charge in [0.25, 0.3) is 5.91 Å². The number of methoxy groups -OCH3 is 1. The fourth-order valence-electron chi connectivity index (χ4n) is 2.32. The molecule has 1 atom stereocenters. The maximum absolute atomic E-state index is 12.5. The molecule has 1 fully saturated rings. The summed E-state index contributed by atoms with van der Waals surface area (Å²) in [5.41, 5.74) is -0.413. The Bertz CT molecular complexity index is 560. The number of ether oxygens (including phenoxy) is 1. The van der Waals surface area contributed by atoms with Gasteiger partial charge in [0, 0.05) is 17.6 Å². The van der Waals surface area contributed by atoms with Gasteiger partial charge in [0.1, 0.15) is 5.75 Å². The van der Waals surface area contributed by atoms with E-state index in [9.17, 15) is 14.7 Å². The maximum Gasteiger partial charge on any atom is 0.311 e. The fourth-order valence-corrected chi connectivity index (χ4v) is 2.66. The predicted octanol–water partition coefficient (Wildman–Crippen LogP) is 2.39. The first-order valence-electron chi connectivity index (χ1n) is 6.23. The molecule has 5 nitrogen and oxygen atoms in total. The van der Waals surface area contributed by atoms with Gasteiger partial charge in [0.05, 0.1) is 18.1 Å². The Labute approximate surface area is 125 Å². The number of carbonyl (C=O) groups is 2. The van der Waals surface area contributed by atoms with Gasteiger partial charge in [-0.2, -0.15) is 0 Å². The van der Waals surface area contributed by atoms with Crippen LogP contribution in [0.1, 0.15) is 23.7 Å². The zero-order valence-electron chi connectivity index (χ0n) is 11.4. The van der Waals surface area contributed by atoms with E-state index in [1.54, 1.807) is 30.0 Å². The second-order valence-electron chi connectivity index (χ2n) is 5.19. The molecular formula is C14H16BrNO4. The van der Waals surface area contributed by atoms with E-state index in [-0.39, 0.29) is 12.5 Å². The van der Waals surface area contributed by atoms with E-state index in [2.05, 4.69) is 15.9 Å². The van der Waals surface area contributed by atoms with Crippen LogP contribution in [0, 0.1) is 5.41 Å². The van der Waals surface area contributed by atoms with Crippen molar-refractivity contribution in [3.05, 3.63) is 28.2 Å². The summed E-state index contributed by atoms with van der Waals surface area (Å²) >= 11 is 3.32. The number of hydrogen-bond donors (Lipinski definition) is 1. The number of aliphatic carboxylic acids is 1. The largest absolute Gasteiger partial charge is 0.496 e. The number of carbonyl (C=O) groups excluding carboxylic acids is 1. The van der Waals surface area contributed by atoms with Gasteiger partial charge >= 0.3 is 5.97 Å². The average molecular weight is 342 g/mol. The third-order valence-corrected chi connectivity index (χ3v) is 4.16. The molecule has 1 heterocycles. The molecule has 0 radical (unpaired) electrons. The van der Waals surface area contributed by atoms with Gasteiger partial charge in [0.2, 0.25) is 0 Å². The molecule has 0 aromatic heterocycles. The van der Waals surface area contributed by atoms with Crippen LogP contribution < -0.4 is 4.74 Å². The molecule has 0 bridgehead atoms. The number of carboxylic acids is 1. The SMILES string of the molecule is COc1cc(Br)ccc1C(=O)N1CC[C@](C)(C(=O)O)C1. The molecule has 1 aliphatic heterocycles. The molecule has 0 spiro atoms. The Balaban J connectivity index is 2.23. The number of amides is 1. The molecule has 1 aromatic rings. The Morgan fingerprint density at radius 2 is 2.15 bits per heavy atom. The zero-order valence-corrected chi connectivity index (χ0v) is 12.9. The van der Waals surface area contributed by atoms with Gasteiger partial charge in [-0.05, 0) is 31.5 Å². The number of likely N-dealkylation sites (tertiary alicyclic amines) is 1. The molecule has 0 unspecified atom stereocenters. The highest BCUT2D eigenvalue weighted by molar-refractivity contribution is 9.10. The van der Waals surface area contributed by atoms with E-state index >= 15 is 0 Å². The fraction of sp³-hybridized carbons (Fsp3) is 0.429. The summed E-state index contributed by atoms with van der Waals surface area (Å²) in [6.07, 6.45) is 0.465. The van der Waals surface area contributed by atoms with Crippen molar-refractivity contribution in [1.82, 2.24) is 4.90 Å². The monoisotopic (exact) mass is 341 g/mol. The molecule has 0 saturated carbocycles. The number of hydrogen-bond acceptors (Lipinski definition) is 3. The van der Waals surface area contributed by atoms with Crippen LogP contribution in [0.2, 0.25) is 0 Å². The lowest BCUT2D eigenvalue weighted by Gasteiger charge is -2.21. The molecule has 0 aliphatic carbocycles. The van der Waals surface area contributed by atoms with Gasteiger partial charge in [-0.3, -0.25) is 9.59 Å². The molecular weight excluding hydrogens is 326 g/mol. The summed E-state index contributed by atoms with van der Waals surface area (Å²) in [4.78, 5) is 25.3. The lowest BCUT2D eigenvalue weighted by Crippen LogP contribution is -2.35. The van der Waals surface area contributed by atoms with Gasteiger partial charge in [0.15, 0.2) is 0 Å². The first-order chi connectivity index (χ1) is 9.37. The van der Waals surface area contributed by atoms with Crippen molar-refractivity contribution in [2.45, 2.75) is 13.3 Å². The average Bonchev–Trinajstić information content (AvgIpc) is 2.82. The molecule has 1 amide bonds. The molecule has 1 saturated heterocycles. The lowest BCUT2D eigenvalue weighted by molar-refractivity contribution is -0.147. The summed E-state index contributed by atoms with van der Waals surface area (Å²) < 4.78 is 6.03. The quantitative estimate of drug-likeness (QED) is 0.916. The van der Waals surface area contributed by atoms with Crippen LogP contribution in [0.5, 0.6) is 5.75 Å². The van der Waals surface area contributed by atoms with Gasteiger partial charge in [-0.15, -0.1) is 0 Å². The highest BCUT2D eigenvalue weighted by atomic mass is 79.9. The van der Waals surface area contributed by atoms with Crippen LogP contribution in [-0.2, 0) is 4.79 Å². The Morgan fingerprint density at radius 3 is 2.70 bits per heavy atom. The Kier molecular flexibility index (Phi) is 4.04. The molecule has 1 aliphatic rings. The van der Waals surface area contributed by atoms with Crippen LogP contribution in [-0.4, -0.2) is 42.1 Å². The predicted molar refractivity (Wildman–Crippen MR) is 77.0 cm³/mol. The second-order valence-corrected chi connectivity index (χ2v) is 6.10. The van der Waals surface area contributed by atoms with Crippen molar-refractivity contribution >= 4 is 27.8 Å². The van der Waals surface area contributed by atoms with Crippen LogP contribution >= 0.6 is 15.9 Å². The van der Waals surface area contributed by atoms with Crippen LogP contribution in [0.25, 0.3) is 0 Å². The molecule has 108 valence electrons. The number of halogens is 1. The molecule has 2 rings (SSSR count). The number of carboxylic acid groups (broad SMARTS) is 1. The van der Waals surface area contributed by atoms with E-state index in [1.165, 1.54) is 7.11 Å². The molecule has 20 heavy (non-hydrogen) atoms. The van der Waals surface area contributed by atoms with Crippen molar-refractivity contribution < 1.29 is 19.4 Å². The number of rotatable bonds is 3. The van der Waals surface area contributed by atoms with Gasteiger partial charge in [-0.1, -0.05) is 15.9 Å². The van der Waals surface area contributed by atoms with Crippen molar-refractivity contribution in [3.8, 4) is 5.75 Å². The highest BCUT2D eigenvalue weighted by Crippen LogP contribution is 2.32. The van der Waals surface area contributed by atoms with Gasteiger partial charge in [-0.25, -0.2) is 0 Å². The molecule has 1 N–H and O–H groups in total. The smallest absolute Gasteiger partial charge is 0.311 e. The number of benzene rings is 1. The van der Waals surface area contributed by atoms with E-state index in [0.29, 0.717) is 24.3 Å². The Morgan fingerprint density at radius 1 is 1.45 bits per heavy atom. The maximum atomic E-state index is 12.5. The highest BCUT2D eigenvalue weighted by Gasteiger charge is 2.42. The minimum absolute atomic E-state index is 0.195. The third kappa shape index (κ3) is 2.65. The first-order valence-corrected chi connectivity index (χ1v) is 7.03. The lowest BCUT2D eigenvalue weighted by atomic mass is 9.90. The second kappa shape index (κ2) is 5.44. The summed E-state index contributed by atoms with van der Waals surface area (Å²) in [6.45, 7) is 2.34. The Hall–Kier alpha value is -1.56. The summed E-state index contributed by atoms with van der Waals surface area (Å²) in [6, 6.07) is 5.17. The first kappa shape index (κ1) is 14.8. The van der Waals surface area contributed by atoms with E-state index in [0.717, 1.165) is 4.47 Å². The number of nitrogens with zero attached hydrogens (tertiary/aromatic N) is 1. The summed E-state index contributed by atoms with van der Waals surface area (Å²) in [5.74, 6) is -0.580. The standard InChI is InChI=1S/C14H16BrNO4/c1-14(13(18)19)5-6-16(8-14)12(17)10-4-3-9(15)7-11(10)20-2/h3-4,7H,5-6,8H2,1-2H3,(H,18,19)/t14-/m0/s1. The van der Waals surface area contributed by atoms with E-state index < -0.39 is 11.4 Å². The zero-order chi connectivity index (χ0) is 14.9. The van der Waals surface area contributed by atoms with Crippen molar-refractivity contribution in [3.63, 3.8) is 0 Å². The van der Waals surface area contributed by atoms with Crippen LogP contribution in [0.3, 0.4) is 0 Å². The van der Waals surface area contributed by atoms with E-state index in [1.807, 2.05) is 0 Å². The summed E-state index contributed by atoms with van der Waals surface area (Å²) in [5, 5.41) is 9.21. The summed E-state index contributed by atoms with van der Waals surface area (Å²) in [7, 11) is 1.50. The molecule has 1 aromatic carbocycles. The minimum atomic E-state index is -0.865.